The lowest BCUT2D eigenvalue weighted by Gasteiger charge is -2.56. The summed E-state index contributed by atoms with van der Waals surface area (Å²) < 4.78 is 5.83. The van der Waals surface area contributed by atoms with Gasteiger partial charge in [0.25, 0.3) is 0 Å². The Hall–Kier alpha value is -1.20. The molecule has 1 spiro atoms. The summed E-state index contributed by atoms with van der Waals surface area (Å²) in [5.41, 5.74) is 1.07. The maximum Gasteiger partial charge on any atom is 0.132 e. The minimum atomic E-state index is -0.204. The van der Waals surface area contributed by atoms with Crippen LogP contribution in [0.15, 0.2) is 6.07 Å². The predicted octanol–water partition coefficient (Wildman–Crippen LogP) is 2.10. The number of hydrogen-bond donors (Lipinski definition) is 1. The summed E-state index contributed by atoms with van der Waals surface area (Å²) in [4.78, 5) is 11.4. The molecule has 0 amide bonds. The first-order valence-electron chi connectivity index (χ1n) is 8.48. The van der Waals surface area contributed by atoms with Gasteiger partial charge in [-0.2, -0.15) is 0 Å². The van der Waals surface area contributed by atoms with Crippen molar-refractivity contribution in [3.63, 3.8) is 0 Å². The van der Waals surface area contributed by atoms with Gasteiger partial charge in [0.2, 0.25) is 0 Å². The average Bonchev–Trinajstić information content (AvgIpc) is 2.54. The highest BCUT2D eigenvalue weighted by Gasteiger charge is 2.56. The fourth-order valence-corrected chi connectivity index (χ4v) is 3.92. The van der Waals surface area contributed by atoms with Crippen LogP contribution >= 0.6 is 0 Å². The normalized spacial score (nSPS) is 27.0. The number of hydrogen-bond acceptors (Lipinski definition) is 5. The lowest BCUT2D eigenvalue weighted by Crippen LogP contribution is -2.62. The number of rotatable bonds is 4. The number of nitrogens with zero attached hydrogens (tertiary/aromatic N) is 3. The first-order chi connectivity index (χ1) is 10.6. The van der Waals surface area contributed by atoms with Gasteiger partial charge < -0.3 is 14.7 Å². The molecule has 22 heavy (non-hydrogen) atoms. The van der Waals surface area contributed by atoms with Gasteiger partial charge in [0.05, 0.1) is 12.2 Å². The molecule has 2 fully saturated rings. The van der Waals surface area contributed by atoms with E-state index < -0.39 is 0 Å². The zero-order valence-electron chi connectivity index (χ0n) is 13.9. The third-order valence-electron chi connectivity index (χ3n) is 5.37. The molecule has 2 aliphatic rings. The molecule has 0 aromatic carbocycles. The molecular weight excluding hydrogens is 278 g/mol. The quantitative estimate of drug-likeness (QED) is 0.923. The molecule has 122 valence electrons. The number of aliphatic hydroxyl groups is 1. The van der Waals surface area contributed by atoms with Crippen LogP contribution in [0.3, 0.4) is 0 Å². The monoisotopic (exact) mass is 305 g/mol. The van der Waals surface area contributed by atoms with Crippen molar-refractivity contribution < 1.29 is 9.84 Å². The number of piperidine rings is 1. The maximum atomic E-state index is 10.3. The number of ether oxygens (including phenoxy) is 1. The number of aromatic nitrogens is 2. The summed E-state index contributed by atoms with van der Waals surface area (Å²) in [6, 6.07) is 2.10. The van der Waals surface area contributed by atoms with Gasteiger partial charge in [-0.25, -0.2) is 9.97 Å². The second kappa shape index (κ2) is 6.13. The molecule has 2 atom stereocenters. The third-order valence-corrected chi connectivity index (χ3v) is 5.37. The minimum absolute atomic E-state index is 0.0256. The summed E-state index contributed by atoms with van der Waals surface area (Å²) >= 11 is 0. The van der Waals surface area contributed by atoms with Crippen LogP contribution in [0.2, 0.25) is 0 Å². The van der Waals surface area contributed by atoms with Gasteiger partial charge >= 0.3 is 0 Å². The van der Waals surface area contributed by atoms with Gasteiger partial charge in [0.1, 0.15) is 11.6 Å². The van der Waals surface area contributed by atoms with E-state index in [1.807, 2.05) is 13.8 Å². The minimum Gasteiger partial charge on any atom is -0.392 e. The Bertz CT molecular complexity index is 525. The topological polar surface area (TPSA) is 58.5 Å². The van der Waals surface area contributed by atoms with Crippen molar-refractivity contribution in [3.8, 4) is 0 Å². The second-order valence-corrected chi connectivity index (χ2v) is 6.53. The summed E-state index contributed by atoms with van der Waals surface area (Å²) in [5.74, 6) is 1.87. The zero-order chi connectivity index (χ0) is 15.7. The molecule has 1 aromatic heterocycles. The van der Waals surface area contributed by atoms with E-state index in [2.05, 4.69) is 27.9 Å². The van der Waals surface area contributed by atoms with Crippen LogP contribution in [-0.2, 0) is 11.2 Å². The third kappa shape index (κ3) is 2.61. The number of anilines is 1. The second-order valence-electron chi connectivity index (χ2n) is 6.53. The van der Waals surface area contributed by atoms with Crippen LogP contribution < -0.4 is 4.90 Å². The first-order valence-corrected chi connectivity index (χ1v) is 8.48. The van der Waals surface area contributed by atoms with E-state index in [-0.39, 0.29) is 17.6 Å². The molecule has 1 aliphatic carbocycles. The van der Waals surface area contributed by atoms with Crippen LogP contribution in [0.25, 0.3) is 0 Å². The molecule has 1 aromatic rings. The van der Waals surface area contributed by atoms with Gasteiger partial charge in [0, 0.05) is 43.3 Å². The lowest BCUT2D eigenvalue weighted by molar-refractivity contribution is -0.199. The van der Waals surface area contributed by atoms with Crippen molar-refractivity contribution in [1.29, 1.82) is 0 Å². The molecular formula is C17H27N3O2. The zero-order valence-corrected chi connectivity index (χ0v) is 13.9. The van der Waals surface area contributed by atoms with Crippen molar-refractivity contribution >= 4 is 5.82 Å². The van der Waals surface area contributed by atoms with E-state index in [0.29, 0.717) is 0 Å². The SMILES string of the molecule is CCOC1CC(O)C12CCN(c1cc(CC)nc(C)n1)CC2. The highest BCUT2D eigenvalue weighted by Crippen LogP contribution is 2.51. The fourth-order valence-electron chi connectivity index (χ4n) is 3.92. The van der Waals surface area contributed by atoms with E-state index in [0.717, 1.165) is 62.7 Å². The molecule has 0 radical (unpaired) electrons. The Morgan fingerprint density at radius 2 is 2.05 bits per heavy atom. The van der Waals surface area contributed by atoms with Gasteiger partial charge in [-0.3, -0.25) is 0 Å². The van der Waals surface area contributed by atoms with E-state index in [1.165, 1.54) is 0 Å². The van der Waals surface area contributed by atoms with Crippen molar-refractivity contribution in [2.75, 3.05) is 24.6 Å². The highest BCUT2D eigenvalue weighted by atomic mass is 16.5. The Kier molecular flexibility index (Phi) is 4.37. The van der Waals surface area contributed by atoms with Crippen molar-refractivity contribution in [2.45, 2.75) is 58.7 Å². The smallest absolute Gasteiger partial charge is 0.132 e. The average molecular weight is 305 g/mol. The fraction of sp³-hybridized carbons (Fsp3) is 0.765. The van der Waals surface area contributed by atoms with Crippen LogP contribution in [0.4, 0.5) is 5.82 Å². The Morgan fingerprint density at radius 1 is 1.32 bits per heavy atom. The number of aryl methyl sites for hydroxylation is 2. The summed E-state index contributed by atoms with van der Waals surface area (Å²) in [5, 5.41) is 10.3. The lowest BCUT2D eigenvalue weighted by atomic mass is 9.58. The van der Waals surface area contributed by atoms with Crippen LogP contribution in [0.5, 0.6) is 0 Å². The van der Waals surface area contributed by atoms with Gasteiger partial charge in [-0.15, -0.1) is 0 Å². The molecule has 1 saturated carbocycles. The molecule has 2 heterocycles. The van der Waals surface area contributed by atoms with E-state index in [4.69, 9.17) is 4.74 Å². The van der Waals surface area contributed by atoms with E-state index in [9.17, 15) is 5.11 Å². The Morgan fingerprint density at radius 3 is 2.64 bits per heavy atom. The van der Waals surface area contributed by atoms with Gasteiger partial charge in [0.15, 0.2) is 0 Å². The summed E-state index contributed by atoms with van der Waals surface area (Å²) in [6.45, 7) is 8.70. The molecule has 5 heteroatoms. The predicted molar refractivity (Wildman–Crippen MR) is 86.1 cm³/mol. The molecule has 2 unspecified atom stereocenters. The summed E-state index contributed by atoms with van der Waals surface area (Å²) in [6.07, 6.45) is 3.70. The van der Waals surface area contributed by atoms with Gasteiger partial charge in [-0.1, -0.05) is 6.92 Å². The molecule has 5 nitrogen and oxygen atoms in total. The van der Waals surface area contributed by atoms with Crippen molar-refractivity contribution in [3.05, 3.63) is 17.6 Å². The Balaban J connectivity index is 1.70. The summed E-state index contributed by atoms with van der Waals surface area (Å²) in [7, 11) is 0. The molecule has 1 saturated heterocycles. The van der Waals surface area contributed by atoms with Crippen molar-refractivity contribution in [2.24, 2.45) is 5.41 Å². The van der Waals surface area contributed by atoms with Crippen LogP contribution in [0, 0.1) is 12.3 Å². The van der Waals surface area contributed by atoms with Gasteiger partial charge in [-0.05, 0) is 33.1 Å². The van der Waals surface area contributed by atoms with Crippen molar-refractivity contribution in [1.82, 2.24) is 9.97 Å². The van der Waals surface area contributed by atoms with Crippen LogP contribution in [0.1, 0.15) is 44.6 Å². The first kappa shape index (κ1) is 15.7. The standard InChI is InChI=1S/C17H27N3O2/c1-4-13-10-16(19-12(3)18-13)20-8-6-17(7-9-20)14(21)11-15(17)22-5-2/h10,14-15,21H,4-9,11H2,1-3H3. The molecule has 1 N–H and O–H groups in total. The Labute approximate surface area is 132 Å². The molecule has 1 aliphatic heterocycles. The highest BCUT2D eigenvalue weighted by molar-refractivity contribution is 5.41. The number of aliphatic hydroxyl groups excluding tert-OH is 1. The molecule has 3 rings (SSSR count). The largest absolute Gasteiger partial charge is 0.392 e. The maximum absolute atomic E-state index is 10.3. The van der Waals surface area contributed by atoms with E-state index in [1.54, 1.807) is 0 Å². The van der Waals surface area contributed by atoms with E-state index >= 15 is 0 Å². The van der Waals surface area contributed by atoms with Crippen LogP contribution in [-0.4, -0.2) is 47.0 Å². The molecule has 0 bridgehead atoms.